The van der Waals surface area contributed by atoms with Gasteiger partial charge in [-0.05, 0) is 74.5 Å². The molecule has 1 aliphatic rings. The van der Waals surface area contributed by atoms with Crippen molar-refractivity contribution in [1.82, 2.24) is 4.98 Å². The third-order valence-corrected chi connectivity index (χ3v) is 12.8. The molecule has 217 valence electrons. The molecular weight excluding hydrogens is 537 g/mol. The summed E-state index contributed by atoms with van der Waals surface area (Å²) in [5, 5.41) is -0.0579. The molecule has 2 atom stereocenters. The summed E-state index contributed by atoms with van der Waals surface area (Å²) < 4.78 is 77.4. The lowest BCUT2D eigenvalue weighted by atomic mass is 9.80. The first-order valence-electron chi connectivity index (χ1n) is 13.8. The van der Waals surface area contributed by atoms with Gasteiger partial charge >= 0.3 is 6.18 Å². The molecule has 2 nitrogen and oxygen atoms in total. The molecule has 0 fully saturated rings. The molecule has 0 radical (unpaired) electrons. The van der Waals surface area contributed by atoms with Crippen LogP contribution < -0.4 is 0 Å². The van der Waals surface area contributed by atoms with Crippen LogP contribution >= 0.6 is 0 Å². The summed E-state index contributed by atoms with van der Waals surface area (Å²) in [6, 6.07) is 10.2. The zero-order chi connectivity index (χ0) is 29.6. The highest BCUT2D eigenvalue weighted by Gasteiger charge is 2.36. The number of aromatic nitrogens is 1. The smallest absolute Gasteiger partial charge is 0.416 e. The second kappa shape index (κ2) is 11.0. The van der Waals surface area contributed by atoms with Crippen molar-refractivity contribution in [3.05, 3.63) is 88.0 Å². The number of pyridine rings is 1. The number of alkyl halides is 4. The van der Waals surface area contributed by atoms with Gasteiger partial charge in [-0.25, -0.2) is 8.78 Å². The fourth-order valence-electron chi connectivity index (χ4n) is 5.10. The lowest BCUT2D eigenvalue weighted by molar-refractivity contribution is -0.137. The fourth-order valence-corrected chi connectivity index (χ4v) is 6.40. The number of aryl methyl sites for hydroxylation is 1. The van der Waals surface area contributed by atoms with E-state index in [1.54, 1.807) is 12.1 Å². The number of rotatable bonds is 6. The number of benzene rings is 2. The fraction of sp³-hybridized carbons (Fsp3) is 0.469. The summed E-state index contributed by atoms with van der Waals surface area (Å²) in [7, 11) is -2.25. The van der Waals surface area contributed by atoms with Crippen LogP contribution in [0.2, 0.25) is 18.1 Å². The Labute approximate surface area is 235 Å². The van der Waals surface area contributed by atoms with Gasteiger partial charge in [0.15, 0.2) is 6.17 Å². The zero-order valence-corrected chi connectivity index (χ0v) is 25.2. The monoisotopic (exact) mass is 575 g/mol. The Morgan fingerprint density at radius 1 is 0.950 bits per heavy atom. The first-order chi connectivity index (χ1) is 18.5. The number of nitrogens with zero attached hydrogens (tertiary/aromatic N) is 1. The van der Waals surface area contributed by atoms with E-state index in [0.717, 1.165) is 36.2 Å². The number of hydrogen-bond donors (Lipinski definition) is 0. The Balaban J connectivity index is 2.00. The van der Waals surface area contributed by atoms with Crippen LogP contribution in [0.3, 0.4) is 0 Å². The molecule has 0 bridgehead atoms. The largest absolute Gasteiger partial charge is 0.559 e. The van der Waals surface area contributed by atoms with Gasteiger partial charge in [0.25, 0.3) is 0 Å². The normalized spacial score (nSPS) is 17.2. The van der Waals surface area contributed by atoms with Crippen LogP contribution in [0.1, 0.15) is 99.3 Å². The highest BCUT2D eigenvalue weighted by Crippen LogP contribution is 2.49. The molecule has 0 N–H and O–H groups in total. The Hall–Kier alpha value is -2.58. The summed E-state index contributed by atoms with van der Waals surface area (Å²) in [5.41, 5.74) is 3.06. The minimum atomic E-state index is -4.52. The van der Waals surface area contributed by atoms with Crippen LogP contribution in [0.15, 0.2) is 48.5 Å². The average molecular weight is 576 g/mol. The van der Waals surface area contributed by atoms with Gasteiger partial charge in [-0.15, -0.1) is 18.1 Å². The number of halogens is 5. The van der Waals surface area contributed by atoms with Crippen molar-refractivity contribution in [2.45, 2.75) is 96.4 Å². The molecule has 2 aromatic carbocycles. The van der Waals surface area contributed by atoms with E-state index >= 15 is 4.39 Å². The van der Waals surface area contributed by atoms with E-state index in [1.165, 1.54) is 24.3 Å². The Morgan fingerprint density at radius 3 is 2.08 bits per heavy atom. The van der Waals surface area contributed by atoms with Crippen molar-refractivity contribution in [1.29, 1.82) is 0 Å². The second-order valence-electron chi connectivity index (χ2n) is 12.5. The number of hydrogen-bond acceptors (Lipinski definition) is 2. The average Bonchev–Trinajstić information content (AvgIpc) is 2.86. The molecule has 3 aromatic rings. The molecule has 0 saturated heterocycles. The van der Waals surface area contributed by atoms with Crippen LogP contribution in [0.25, 0.3) is 11.1 Å². The third-order valence-electron chi connectivity index (χ3n) is 8.29. The summed E-state index contributed by atoms with van der Waals surface area (Å²) in [6.45, 7) is 14.7. The quantitative estimate of drug-likeness (QED) is 0.215. The van der Waals surface area contributed by atoms with E-state index in [-0.39, 0.29) is 22.6 Å². The van der Waals surface area contributed by atoms with Gasteiger partial charge in [-0.1, -0.05) is 58.9 Å². The third kappa shape index (κ3) is 6.03. The topological polar surface area (TPSA) is 22.1 Å². The standard InChI is InChI=1S/C32H38F5NOSi/c1-19(2)30-28(29(34)21-11-15-22(16-12-21)32(35,36)37)26(20-13-17-23(33)18-14-20)27-24(38-30)9-8-10-25(27)39-40(6,7)31(3,4)5/h11-19,25,29H,8-10H2,1-7H3/q-1. The summed E-state index contributed by atoms with van der Waals surface area (Å²) in [6.07, 6.45) is -4.26. The van der Waals surface area contributed by atoms with Crippen molar-refractivity contribution in [3.8, 4) is 11.1 Å². The number of fused-ring (bicyclic) bond motifs is 1. The maximum absolute atomic E-state index is 16.7. The van der Waals surface area contributed by atoms with Crippen LogP contribution in [0.5, 0.6) is 0 Å². The maximum atomic E-state index is 16.7. The Kier molecular flexibility index (Phi) is 8.36. The highest BCUT2D eigenvalue weighted by atomic mass is 28.4. The van der Waals surface area contributed by atoms with Crippen LogP contribution in [0.4, 0.5) is 22.0 Å². The predicted molar refractivity (Wildman–Crippen MR) is 152 cm³/mol. The van der Waals surface area contributed by atoms with Gasteiger partial charge in [0, 0.05) is 22.9 Å². The van der Waals surface area contributed by atoms with E-state index in [9.17, 15) is 17.6 Å². The van der Waals surface area contributed by atoms with Gasteiger partial charge in [0.2, 0.25) is 0 Å². The zero-order valence-electron chi connectivity index (χ0n) is 24.2. The van der Waals surface area contributed by atoms with Crippen molar-refractivity contribution in [2.75, 3.05) is 0 Å². The van der Waals surface area contributed by atoms with Gasteiger partial charge < -0.3 is 4.43 Å². The SMILES string of the molecule is CC(C)c1nc2c(c(-c3ccc(F)cc3)c1C(F)c1ccc(C(F)(F)F)cc1)C(O[Si-](C)(C)C(C)(C)C)CCC2. The van der Waals surface area contributed by atoms with E-state index in [1.807, 2.05) is 13.8 Å². The van der Waals surface area contributed by atoms with Crippen LogP contribution in [-0.4, -0.2) is 13.3 Å². The summed E-state index contributed by atoms with van der Waals surface area (Å²) in [4.78, 5) is 5.00. The molecule has 0 aliphatic heterocycles. The van der Waals surface area contributed by atoms with E-state index in [0.29, 0.717) is 28.8 Å². The lowest BCUT2D eigenvalue weighted by Crippen LogP contribution is -2.42. The van der Waals surface area contributed by atoms with Gasteiger partial charge in [-0.2, -0.15) is 13.2 Å². The minimum Gasteiger partial charge on any atom is -0.559 e. The van der Waals surface area contributed by atoms with Crippen molar-refractivity contribution in [3.63, 3.8) is 0 Å². The molecule has 0 spiro atoms. The van der Waals surface area contributed by atoms with Crippen molar-refractivity contribution < 1.29 is 26.4 Å². The molecule has 1 heterocycles. The predicted octanol–water partition coefficient (Wildman–Crippen LogP) is 10.5. The maximum Gasteiger partial charge on any atom is 0.416 e. The Morgan fingerprint density at radius 2 is 1.55 bits per heavy atom. The Bertz CT molecular complexity index is 1340. The molecule has 0 saturated carbocycles. The van der Waals surface area contributed by atoms with Crippen LogP contribution in [-0.2, 0) is 17.0 Å². The highest BCUT2D eigenvalue weighted by molar-refractivity contribution is 6.74. The first kappa shape index (κ1) is 30.4. The summed E-state index contributed by atoms with van der Waals surface area (Å²) in [5.74, 6) is -0.570. The molecule has 8 heteroatoms. The van der Waals surface area contributed by atoms with Gasteiger partial charge in [-0.3, -0.25) is 4.98 Å². The van der Waals surface area contributed by atoms with Crippen LogP contribution in [0, 0.1) is 5.82 Å². The minimum absolute atomic E-state index is 0.0579. The molecule has 4 rings (SSSR count). The molecule has 1 aliphatic carbocycles. The molecule has 2 unspecified atom stereocenters. The molecular formula is C32H38F5NOSi-. The van der Waals surface area contributed by atoms with Gasteiger partial charge in [0.05, 0.1) is 11.3 Å². The van der Waals surface area contributed by atoms with E-state index in [4.69, 9.17) is 9.41 Å². The van der Waals surface area contributed by atoms with Crippen molar-refractivity contribution >= 4 is 8.32 Å². The molecule has 0 amide bonds. The van der Waals surface area contributed by atoms with Gasteiger partial charge in [0.1, 0.15) is 5.82 Å². The lowest BCUT2D eigenvalue weighted by Gasteiger charge is -2.52. The summed E-state index contributed by atoms with van der Waals surface area (Å²) >= 11 is 0. The van der Waals surface area contributed by atoms with Crippen molar-refractivity contribution in [2.24, 2.45) is 0 Å². The molecule has 1 aromatic heterocycles. The second-order valence-corrected chi connectivity index (χ2v) is 17.3. The molecule has 40 heavy (non-hydrogen) atoms. The van der Waals surface area contributed by atoms with E-state index < -0.39 is 32.0 Å². The first-order valence-corrected chi connectivity index (χ1v) is 16.7. The van der Waals surface area contributed by atoms with E-state index in [2.05, 4.69) is 33.9 Å².